The first-order valence-corrected chi connectivity index (χ1v) is 14.8. The van der Waals surface area contributed by atoms with E-state index in [1.807, 2.05) is 0 Å². The Balaban J connectivity index is 1.25. The number of hydrogen-bond acceptors (Lipinski definition) is 1. The Morgan fingerprint density at radius 1 is 0.256 bits per heavy atom. The molecule has 1 heteroatoms. The van der Waals surface area contributed by atoms with Gasteiger partial charge in [-0.15, -0.1) is 0 Å². The average molecular weight is 548 g/mol. The van der Waals surface area contributed by atoms with Gasteiger partial charge in [0, 0.05) is 17.1 Å². The molecule has 0 fully saturated rings. The van der Waals surface area contributed by atoms with E-state index in [1.165, 1.54) is 54.6 Å². The van der Waals surface area contributed by atoms with E-state index >= 15 is 0 Å². The van der Waals surface area contributed by atoms with Gasteiger partial charge in [-0.3, -0.25) is 0 Å². The van der Waals surface area contributed by atoms with E-state index in [0.29, 0.717) is 0 Å². The van der Waals surface area contributed by atoms with Gasteiger partial charge in [0.05, 0.1) is 0 Å². The second kappa shape index (κ2) is 10.6. The molecule has 1 nitrogen and oxygen atoms in total. The number of benzene rings is 8. The van der Waals surface area contributed by atoms with E-state index in [1.54, 1.807) is 0 Å². The molecule has 43 heavy (non-hydrogen) atoms. The first kappa shape index (κ1) is 25.1. The van der Waals surface area contributed by atoms with Gasteiger partial charge in [0.25, 0.3) is 0 Å². The molecule has 0 saturated heterocycles. The minimum absolute atomic E-state index is 1.13. The second-order valence-electron chi connectivity index (χ2n) is 11.0. The molecular formula is C42H29N. The number of hydrogen-bond donors (Lipinski definition) is 0. The minimum atomic E-state index is 1.13. The van der Waals surface area contributed by atoms with Crippen LogP contribution in [0.25, 0.3) is 54.6 Å². The lowest BCUT2D eigenvalue weighted by Crippen LogP contribution is -2.09. The highest BCUT2D eigenvalue weighted by Crippen LogP contribution is 2.40. The Hall–Kier alpha value is -5.66. The van der Waals surface area contributed by atoms with Crippen molar-refractivity contribution in [3.63, 3.8) is 0 Å². The van der Waals surface area contributed by atoms with Crippen molar-refractivity contribution in [1.82, 2.24) is 0 Å². The zero-order valence-corrected chi connectivity index (χ0v) is 23.7. The summed E-state index contributed by atoms with van der Waals surface area (Å²) < 4.78 is 0. The molecule has 8 rings (SSSR count). The number of anilines is 3. The quantitative estimate of drug-likeness (QED) is 0.194. The fourth-order valence-corrected chi connectivity index (χ4v) is 6.28. The molecule has 202 valence electrons. The fourth-order valence-electron chi connectivity index (χ4n) is 6.28. The predicted octanol–water partition coefficient (Wildman–Crippen LogP) is 11.9. The van der Waals surface area contributed by atoms with Crippen molar-refractivity contribution in [3.05, 3.63) is 176 Å². The zero-order valence-electron chi connectivity index (χ0n) is 23.7. The normalized spacial score (nSPS) is 11.3. The van der Waals surface area contributed by atoms with Crippen LogP contribution in [0.2, 0.25) is 0 Å². The minimum Gasteiger partial charge on any atom is -0.310 e. The summed E-state index contributed by atoms with van der Waals surface area (Å²) in [5, 5.41) is 7.62. The molecule has 0 aliphatic rings. The van der Waals surface area contributed by atoms with Crippen LogP contribution in [0.5, 0.6) is 0 Å². The van der Waals surface area contributed by atoms with Crippen molar-refractivity contribution in [2.24, 2.45) is 0 Å². The van der Waals surface area contributed by atoms with E-state index in [0.717, 1.165) is 17.1 Å². The SMILES string of the molecule is c1ccc(-c2ccc(-c3cccc(N(c4ccccc4)c4ccc5ccc6c7ccccc7ccc6c5c4)c3)cc2)cc1. The predicted molar refractivity (Wildman–Crippen MR) is 185 cm³/mol. The van der Waals surface area contributed by atoms with Crippen molar-refractivity contribution in [3.8, 4) is 22.3 Å². The number of nitrogens with zero attached hydrogens (tertiary/aromatic N) is 1. The second-order valence-corrected chi connectivity index (χ2v) is 11.0. The third-order valence-electron chi connectivity index (χ3n) is 8.43. The summed E-state index contributed by atoms with van der Waals surface area (Å²) in [7, 11) is 0. The van der Waals surface area contributed by atoms with Crippen LogP contribution >= 0.6 is 0 Å². The van der Waals surface area contributed by atoms with Crippen LogP contribution in [0.1, 0.15) is 0 Å². The highest BCUT2D eigenvalue weighted by molar-refractivity contribution is 6.17. The molecule has 8 aromatic rings. The lowest BCUT2D eigenvalue weighted by molar-refractivity contribution is 1.29. The molecule has 0 bridgehead atoms. The van der Waals surface area contributed by atoms with Crippen molar-refractivity contribution in [1.29, 1.82) is 0 Å². The average Bonchev–Trinajstić information content (AvgIpc) is 3.09. The maximum atomic E-state index is 2.36. The van der Waals surface area contributed by atoms with Crippen LogP contribution < -0.4 is 4.90 Å². The molecule has 0 atom stereocenters. The summed E-state index contributed by atoms with van der Waals surface area (Å²) >= 11 is 0. The van der Waals surface area contributed by atoms with Crippen molar-refractivity contribution >= 4 is 49.4 Å². The van der Waals surface area contributed by atoms with Gasteiger partial charge < -0.3 is 4.90 Å². The van der Waals surface area contributed by atoms with Crippen LogP contribution in [-0.2, 0) is 0 Å². The topological polar surface area (TPSA) is 3.24 Å². The van der Waals surface area contributed by atoms with E-state index in [4.69, 9.17) is 0 Å². The van der Waals surface area contributed by atoms with Gasteiger partial charge in [-0.1, -0.05) is 140 Å². The molecular weight excluding hydrogens is 518 g/mol. The summed E-state index contributed by atoms with van der Waals surface area (Å²) in [6.07, 6.45) is 0. The monoisotopic (exact) mass is 547 g/mol. The third-order valence-corrected chi connectivity index (χ3v) is 8.43. The molecule has 0 unspecified atom stereocenters. The molecule has 0 N–H and O–H groups in total. The van der Waals surface area contributed by atoms with Gasteiger partial charge in [0.15, 0.2) is 0 Å². The summed E-state index contributed by atoms with van der Waals surface area (Å²) in [6, 6.07) is 63.4. The number of fused-ring (bicyclic) bond motifs is 5. The van der Waals surface area contributed by atoms with Crippen LogP contribution in [0.4, 0.5) is 17.1 Å². The summed E-state index contributed by atoms with van der Waals surface area (Å²) in [5.41, 5.74) is 8.24. The molecule has 0 spiro atoms. The largest absolute Gasteiger partial charge is 0.310 e. The Kier molecular flexibility index (Phi) is 6.20. The summed E-state index contributed by atoms with van der Waals surface area (Å²) in [6.45, 7) is 0. The summed E-state index contributed by atoms with van der Waals surface area (Å²) in [4.78, 5) is 2.36. The molecule has 8 aromatic carbocycles. The molecule has 0 amide bonds. The third kappa shape index (κ3) is 4.62. The molecule has 0 aliphatic carbocycles. The Morgan fingerprint density at radius 3 is 1.53 bits per heavy atom. The van der Waals surface area contributed by atoms with Gasteiger partial charge in [0.1, 0.15) is 0 Å². The first-order valence-electron chi connectivity index (χ1n) is 14.8. The number of para-hydroxylation sites is 1. The molecule has 0 radical (unpaired) electrons. The van der Waals surface area contributed by atoms with Crippen molar-refractivity contribution in [2.45, 2.75) is 0 Å². The highest BCUT2D eigenvalue weighted by Gasteiger charge is 2.15. The van der Waals surface area contributed by atoms with Gasteiger partial charge >= 0.3 is 0 Å². The fraction of sp³-hybridized carbons (Fsp3) is 0. The highest BCUT2D eigenvalue weighted by atomic mass is 15.1. The smallest absolute Gasteiger partial charge is 0.0468 e. The standard InChI is InChI=1S/C42H29N/c1-3-10-30(11-4-1)31-18-20-32(21-19-31)35-13-9-16-37(28-35)43(36-14-5-2-6-15-36)38-25-22-34-24-26-40-39-17-8-7-12-33(39)23-27-41(40)42(34)29-38/h1-29H. The van der Waals surface area contributed by atoms with Gasteiger partial charge in [-0.25, -0.2) is 0 Å². The molecule has 0 aromatic heterocycles. The van der Waals surface area contributed by atoms with Crippen LogP contribution in [0.3, 0.4) is 0 Å². The van der Waals surface area contributed by atoms with E-state index < -0.39 is 0 Å². The Labute approximate surface area is 251 Å². The van der Waals surface area contributed by atoms with Gasteiger partial charge in [-0.2, -0.15) is 0 Å². The van der Waals surface area contributed by atoms with Crippen LogP contribution in [-0.4, -0.2) is 0 Å². The van der Waals surface area contributed by atoms with Crippen molar-refractivity contribution < 1.29 is 0 Å². The lowest BCUT2D eigenvalue weighted by Gasteiger charge is -2.26. The lowest BCUT2D eigenvalue weighted by atomic mass is 9.96. The molecule has 0 aliphatic heterocycles. The maximum absolute atomic E-state index is 2.36. The van der Waals surface area contributed by atoms with E-state index in [9.17, 15) is 0 Å². The van der Waals surface area contributed by atoms with E-state index in [2.05, 4.69) is 181 Å². The molecule has 0 saturated carbocycles. The van der Waals surface area contributed by atoms with Crippen LogP contribution in [0, 0.1) is 0 Å². The zero-order chi connectivity index (χ0) is 28.6. The van der Waals surface area contributed by atoms with Gasteiger partial charge in [-0.05, 0) is 91.0 Å². The Morgan fingerprint density at radius 2 is 0.767 bits per heavy atom. The van der Waals surface area contributed by atoms with E-state index in [-0.39, 0.29) is 0 Å². The first-order chi connectivity index (χ1) is 21.3. The summed E-state index contributed by atoms with van der Waals surface area (Å²) in [5.74, 6) is 0. The molecule has 0 heterocycles. The van der Waals surface area contributed by atoms with Gasteiger partial charge in [0.2, 0.25) is 0 Å². The number of rotatable bonds is 5. The van der Waals surface area contributed by atoms with Crippen molar-refractivity contribution in [2.75, 3.05) is 4.90 Å². The Bertz CT molecular complexity index is 2220. The maximum Gasteiger partial charge on any atom is 0.0468 e. The van der Waals surface area contributed by atoms with Crippen LogP contribution in [0.15, 0.2) is 176 Å².